The average Bonchev–Trinajstić information content (AvgIpc) is 2.57. The molecule has 0 saturated carbocycles. The number of hydrogen-bond donors (Lipinski definition) is 0. The lowest BCUT2D eigenvalue weighted by Gasteiger charge is -2.35. The second-order valence-corrected chi connectivity index (χ2v) is 5.76. The molecule has 2 atom stereocenters. The van der Waals surface area contributed by atoms with Crippen molar-refractivity contribution in [2.45, 2.75) is 55.7 Å². The van der Waals surface area contributed by atoms with Gasteiger partial charge in [-0.2, -0.15) is 70.2 Å². The smallest absolute Gasteiger partial charge is 0.306 e. The van der Waals surface area contributed by atoms with E-state index in [1.54, 1.807) is 6.58 Å². The van der Waals surface area contributed by atoms with Crippen LogP contribution < -0.4 is 0 Å². The van der Waals surface area contributed by atoms with E-state index in [0.717, 1.165) is 0 Å². The summed E-state index contributed by atoms with van der Waals surface area (Å²) in [6, 6.07) is 0. The molecule has 0 aromatic rings. The van der Waals surface area contributed by atoms with Gasteiger partial charge in [0.1, 0.15) is 6.61 Å². The molecule has 0 N–H and O–H groups in total. The quantitative estimate of drug-likeness (QED) is 0.259. The lowest BCUT2D eigenvalue weighted by atomic mass is 10.2. The van der Waals surface area contributed by atoms with Crippen molar-refractivity contribution in [3.05, 3.63) is 24.8 Å². The highest BCUT2D eigenvalue weighted by molar-refractivity contribution is 4.96. The van der Waals surface area contributed by atoms with Crippen LogP contribution in [0.4, 0.5) is 83.7 Å². The highest BCUT2D eigenvalue weighted by atomic mass is 19.4. The topological polar surface area (TPSA) is 27.7 Å². The molecule has 0 aromatic heterocycles. The van der Waals surface area contributed by atoms with Gasteiger partial charge < -0.3 is 9.47 Å². The van der Waals surface area contributed by atoms with Crippen molar-refractivity contribution >= 4 is 0 Å². The molecule has 0 saturated heterocycles. The summed E-state index contributed by atoms with van der Waals surface area (Å²) in [6.07, 6.45) is -37.5. The third-order valence-corrected chi connectivity index (χ3v) is 2.84. The van der Waals surface area contributed by atoms with Crippen LogP contribution >= 0.6 is 0 Å². The van der Waals surface area contributed by atoms with Crippen molar-refractivity contribution in [3.8, 4) is 0 Å². The van der Waals surface area contributed by atoms with Crippen LogP contribution in [0.3, 0.4) is 0 Å². The molecule has 0 aliphatic heterocycles. The standard InChI is InChI=1S/C8H4F12O2.C6H6F6O.FH/c1-3(9)5(13,14)22-6(15,7(16,17)18)8(19,20)21-2-4(10,11)12;1-3(7)6(11,12)13-4(2)5(8,9)10;/h1-2H2;4H,1H2,2H3;1H. The van der Waals surface area contributed by atoms with Crippen LogP contribution in [0.1, 0.15) is 6.92 Å². The second kappa shape index (κ2) is 12.0. The molecule has 218 valence electrons. The molecule has 0 heterocycles. The summed E-state index contributed by atoms with van der Waals surface area (Å²) >= 11 is 0. The van der Waals surface area contributed by atoms with Gasteiger partial charge in [0.2, 0.25) is 0 Å². The number of ether oxygens (including phenoxy) is 3. The SMILES string of the molecule is C=C(F)C(F)(F)OC(C)C(F)(F)F.C=C(F)C(F)(F)OC(F)(C(F)(F)F)C(F)(F)OCC(F)(F)F.F. The van der Waals surface area contributed by atoms with Crippen LogP contribution in [0.15, 0.2) is 24.8 Å². The number of hydrogen-bond acceptors (Lipinski definition) is 3. The molecule has 0 aromatic carbocycles. The van der Waals surface area contributed by atoms with E-state index < -0.39 is 67.1 Å². The monoisotopic (exact) mass is 588 g/mol. The van der Waals surface area contributed by atoms with E-state index in [9.17, 15) is 79.0 Å². The fraction of sp³-hybridized carbons (Fsp3) is 0.714. The van der Waals surface area contributed by atoms with E-state index in [0.29, 0.717) is 6.92 Å². The summed E-state index contributed by atoms with van der Waals surface area (Å²) in [5.74, 6) is -12.2. The maximum atomic E-state index is 13.2. The molecule has 0 radical (unpaired) electrons. The van der Waals surface area contributed by atoms with Crippen LogP contribution in [0.25, 0.3) is 0 Å². The summed E-state index contributed by atoms with van der Waals surface area (Å²) in [5.41, 5.74) is 0. The van der Waals surface area contributed by atoms with Gasteiger partial charge in [0.05, 0.1) is 0 Å². The molecule has 0 aliphatic rings. The van der Waals surface area contributed by atoms with Crippen molar-refractivity contribution in [2.75, 3.05) is 6.61 Å². The van der Waals surface area contributed by atoms with E-state index in [1.807, 2.05) is 4.74 Å². The summed E-state index contributed by atoms with van der Waals surface area (Å²) < 4.78 is 226. The van der Waals surface area contributed by atoms with Crippen molar-refractivity contribution < 1.29 is 97.9 Å². The summed E-state index contributed by atoms with van der Waals surface area (Å²) in [6.45, 7) is 1.08. The van der Waals surface area contributed by atoms with E-state index in [4.69, 9.17) is 0 Å². The summed E-state index contributed by atoms with van der Waals surface area (Å²) in [7, 11) is 0. The zero-order valence-corrected chi connectivity index (χ0v) is 16.6. The van der Waals surface area contributed by atoms with Gasteiger partial charge >= 0.3 is 42.7 Å². The van der Waals surface area contributed by atoms with Gasteiger partial charge in [-0.25, -0.2) is 8.78 Å². The van der Waals surface area contributed by atoms with Crippen molar-refractivity contribution in [1.29, 1.82) is 0 Å². The van der Waals surface area contributed by atoms with Gasteiger partial charge in [-0.15, -0.1) is 0 Å². The normalized spacial score (nSPS) is 16.2. The van der Waals surface area contributed by atoms with Crippen LogP contribution in [0.2, 0.25) is 0 Å². The maximum absolute atomic E-state index is 13.2. The van der Waals surface area contributed by atoms with E-state index in [-0.39, 0.29) is 4.70 Å². The molecule has 0 amide bonds. The molecular weight excluding hydrogens is 577 g/mol. The number of alkyl halides is 16. The Labute approximate surface area is 186 Å². The minimum Gasteiger partial charge on any atom is -0.306 e. The Morgan fingerprint density at radius 1 is 0.694 bits per heavy atom. The minimum absolute atomic E-state index is 0. The van der Waals surface area contributed by atoms with E-state index in [1.165, 1.54) is 0 Å². The molecule has 2 unspecified atom stereocenters. The summed E-state index contributed by atoms with van der Waals surface area (Å²) in [4.78, 5) is 0. The van der Waals surface area contributed by atoms with E-state index >= 15 is 0 Å². The van der Waals surface area contributed by atoms with Gasteiger partial charge in [-0.3, -0.25) is 9.44 Å². The Balaban J connectivity index is -0.000000667. The molecule has 0 bridgehead atoms. The maximum Gasteiger partial charge on any atom is 0.458 e. The molecule has 22 heteroatoms. The predicted molar refractivity (Wildman–Crippen MR) is 77.4 cm³/mol. The molecule has 0 aliphatic carbocycles. The largest absolute Gasteiger partial charge is 0.458 e. The van der Waals surface area contributed by atoms with Crippen molar-refractivity contribution in [2.24, 2.45) is 0 Å². The Morgan fingerprint density at radius 2 is 1.06 bits per heavy atom. The molecule has 3 nitrogen and oxygen atoms in total. The Bertz CT molecular complexity index is 722. The predicted octanol–water partition coefficient (Wildman–Crippen LogP) is 7.66. The first-order chi connectivity index (χ1) is 14.9. The molecule has 0 spiro atoms. The van der Waals surface area contributed by atoms with Crippen LogP contribution in [0, 0.1) is 0 Å². The third-order valence-electron chi connectivity index (χ3n) is 2.84. The van der Waals surface area contributed by atoms with Gasteiger partial charge in [0, 0.05) is 0 Å². The zero-order valence-electron chi connectivity index (χ0n) is 16.6. The molecule has 36 heavy (non-hydrogen) atoms. The van der Waals surface area contributed by atoms with Crippen LogP contribution in [-0.4, -0.2) is 55.4 Å². The highest BCUT2D eigenvalue weighted by Gasteiger charge is 2.78. The number of rotatable bonds is 9. The van der Waals surface area contributed by atoms with E-state index in [2.05, 4.69) is 16.1 Å². The minimum atomic E-state index is -7.01. The van der Waals surface area contributed by atoms with Crippen molar-refractivity contribution in [3.63, 3.8) is 0 Å². The number of halogens is 19. The Hall–Kier alpha value is -1.97. The highest BCUT2D eigenvalue weighted by Crippen LogP contribution is 2.50. The Kier molecular flexibility index (Phi) is 12.9. The van der Waals surface area contributed by atoms with Crippen molar-refractivity contribution in [1.82, 2.24) is 0 Å². The van der Waals surface area contributed by atoms with Gasteiger partial charge in [-0.1, -0.05) is 13.2 Å². The lowest BCUT2D eigenvalue weighted by Crippen LogP contribution is -2.61. The third kappa shape index (κ3) is 11.4. The second-order valence-electron chi connectivity index (χ2n) is 5.76. The summed E-state index contributed by atoms with van der Waals surface area (Å²) in [5, 5.41) is 0. The fourth-order valence-electron chi connectivity index (χ4n) is 1.13. The fourth-order valence-corrected chi connectivity index (χ4v) is 1.13. The molecule has 0 fully saturated rings. The van der Waals surface area contributed by atoms with Crippen LogP contribution in [0.5, 0.6) is 0 Å². The Morgan fingerprint density at radius 3 is 1.31 bits per heavy atom. The first kappa shape index (κ1) is 38.6. The zero-order chi connectivity index (χ0) is 29.1. The van der Waals surface area contributed by atoms with Gasteiger partial charge in [-0.05, 0) is 6.92 Å². The van der Waals surface area contributed by atoms with Gasteiger partial charge in [0.25, 0.3) is 0 Å². The first-order valence-electron chi connectivity index (χ1n) is 7.67. The molecular formula is C14H11F19O3. The first-order valence-corrected chi connectivity index (χ1v) is 7.67. The average molecular weight is 588 g/mol. The van der Waals surface area contributed by atoms with Crippen LogP contribution in [-0.2, 0) is 14.2 Å². The lowest BCUT2D eigenvalue weighted by molar-refractivity contribution is -0.500. The molecule has 0 rings (SSSR count). The van der Waals surface area contributed by atoms with Gasteiger partial charge in [0.15, 0.2) is 17.8 Å².